The van der Waals surface area contributed by atoms with Crippen LogP contribution in [0.15, 0.2) is 30.9 Å². The number of carbonyl (C=O) groups excluding carboxylic acids is 3. The molecule has 3 heterocycles. The molecule has 0 radical (unpaired) electrons. The summed E-state index contributed by atoms with van der Waals surface area (Å²) in [5.74, 6) is -1.86. The average molecular weight is 521 g/mol. The van der Waals surface area contributed by atoms with Gasteiger partial charge in [0.1, 0.15) is 6.04 Å². The fraction of sp³-hybridized carbons (Fsp3) is 0.577. The second kappa shape index (κ2) is 10.5. The Hall–Kier alpha value is -2.03. The Bertz CT molecular complexity index is 999. The van der Waals surface area contributed by atoms with Gasteiger partial charge in [-0.15, -0.1) is 18.3 Å². The second-order valence-electron chi connectivity index (χ2n) is 9.41. The van der Waals surface area contributed by atoms with Gasteiger partial charge in [0.25, 0.3) is 5.91 Å². The molecular weight excluding hydrogens is 488 g/mol. The van der Waals surface area contributed by atoms with Crippen molar-refractivity contribution in [1.29, 1.82) is 0 Å². The minimum atomic E-state index is -0.733. The molecular formula is C26H33ClN2O5S. The number of fused-ring (bicyclic) bond motifs is 1. The van der Waals surface area contributed by atoms with Crippen LogP contribution in [0.1, 0.15) is 38.2 Å². The van der Waals surface area contributed by atoms with Crippen molar-refractivity contribution < 1.29 is 24.2 Å². The molecule has 1 N–H and O–H groups in total. The smallest absolute Gasteiger partial charge is 0.310 e. The molecule has 35 heavy (non-hydrogen) atoms. The van der Waals surface area contributed by atoms with E-state index in [2.05, 4.69) is 6.58 Å². The van der Waals surface area contributed by atoms with E-state index in [9.17, 15) is 19.5 Å². The van der Waals surface area contributed by atoms with Crippen molar-refractivity contribution in [3.05, 3.63) is 41.4 Å². The molecule has 0 aromatic heterocycles. The van der Waals surface area contributed by atoms with Crippen LogP contribution in [-0.2, 0) is 19.1 Å². The van der Waals surface area contributed by atoms with Gasteiger partial charge in [0.05, 0.1) is 33.9 Å². The molecule has 3 aliphatic rings. The van der Waals surface area contributed by atoms with E-state index in [0.29, 0.717) is 36.5 Å². The lowest BCUT2D eigenvalue weighted by Crippen LogP contribution is -2.55. The molecule has 0 saturated carbocycles. The fourth-order valence-electron chi connectivity index (χ4n) is 6.11. The lowest BCUT2D eigenvalue weighted by Gasteiger charge is -2.37. The largest absolute Gasteiger partial charge is 0.466 e. The Balaban J connectivity index is 1.78. The predicted molar refractivity (Wildman–Crippen MR) is 138 cm³/mol. The molecule has 3 saturated heterocycles. The highest BCUT2D eigenvalue weighted by Gasteiger charge is 2.74. The Morgan fingerprint density at radius 1 is 1.40 bits per heavy atom. The molecule has 1 spiro atoms. The van der Waals surface area contributed by atoms with Gasteiger partial charge in [-0.05, 0) is 51.2 Å². The Morgan fingerprint density at radius 3 is 2.83 bits per heavy atom. The maximum Gasteiger partial charge on any atom is 0.310 e. The number of rotatable bonds is 10. The van der Waals surface area contributed by atoms with Crippen LogP contribution in [-0.4, -0.2) is 70.1 Å². The van der Waals surface area contributed by atoms with E-state index >= 15 is 0 Å². The number of aryl methyl sites for hydroxylation is 1. The summed E-state index contributed by atoms with van der Waals surface area (Å²) in [5, 5.41) is 9.74. The van der Waals surface area contributed by atoms with Crippen molar-refractivity contribution in [3.8, 4) is 0 Å². The first-order valence-electron chi connectivity index (χ1n) is 12.3. The Labute approximate surface area is 215 Å². The lowest BCUT2D eigenvalue weighted by atomic mass is 9.71. The number of thioether (sulfide) groups is 1. The summed E-state index contributed by atoms with van der Waals surface area (Å²) in [6.07, 6.45) is 4.20. The number of hydrogen-bond acceptors (Lipinski definition) is 6. The number of nitrogens with zero attached hydrogens (tertiary/aromatic N) is 2. The molecule has 9 heteroatoms. The quantitative estimate of drug-likeness (QED) is 0.288. The SMILES string of the molecule is C=CCN(C(=O)C1N(CCCCO)C(=O)[C@@H]2[C@@H](C(=O)OCC)[C@H]3CCC12S3)c1c(C)cccc1Cl. The third kappa shape index (κ3) is 4.27. The first-order chi connectivity index (χ1) is 16.8. The van der Waals surface area contributed by atoms with Gasteiger partial charge in [0, 0.05) is 24.9 Å². The van der Waals surface area contributed by atoms with Crippen molar-refractivity contribution >= 4 is 46.8 Å². The maximum atomic E-state index is 14.4. The number of para-hydroxylation sites is 1. The van der Waals surface area contributed by atoms with Crippen molar-refractivity contribution in [3.63, 3.8) is 0 Å². The van der Waals surface area contributed by atoms with Gasteiger partial charge in [-0.2, -0.15) is 0 Å². The zero-order valence-corrected chi connectivity index (χ0v) is 21.8. The molecule has 5 atom stereocenters. The minimum Gasteiger partial charge on any atom is -0.466 e. The molecule has 2 amide bonds. The van der Waals surface area contributed by atoms with Gasteiger partial charge in [0.15, 0.2) is 0 Å². The summed E-state index contributed by atoms with van der Waals surface area (Å²) < 4.78 is 4.68. The van der Waals surface area contributed by atoms with Crippen LogP contribution in [0, 0.1) is 18.8 Å². The molecule has 1 aromatic carbocycles. The first-order valence-corrected chi connectivity index (χ1v) is 13.5. The summed E-state index contributed by atoms with van der Waals surface area (Å²) in [6.45, 7) is 8.36. The third-order valence-electron chi connectivity index (χ3n) is 7.44. The van der Waals surface area contributed by atoms with Gasteiger partial charge in [0.2, 0.25) is 5.91 Å². The van der Waals surface area contributed by atoms with Crippen LogP contribution in [0.3, 0.4) is 0 Å². The molecule has 0 aliphatic carbocycles. The van der Waals surface area contributed by atoms with Gasteiger partial charge >= 0.3 is 5.97 Å². The highest BCUT2D eigenvalue weighted by molar-refractivity contribution is 8.02. The Morgan fingerprint density at radius 2 is 2.17 bits per heavy atom. The molecule has 3 aliphatic heterocycles. The number of carbonyl (C=O) groups is 3. The number of aliphatic hydroxyl groups is 1. The minimum absolute atomic E-state index is 0.0128. The topological polar surface area (TPSA) is 87.2 Å². The van der Waals surface area contributed by atoms with Crippen LogP contribution < -0.4 is 4.90 Å². The van der Waals surface area contributed by atoms with Crippen molar-refractivity contribution in [2.24, 2.45) is 11.8 Å². The summed E-state index contributed by atoms with van der Waals surface area (Å²) in [4.78, 5) is 44.5. The number of unbranched alkanes of at least 4 members (excludes halogenated alkanes) is 1. The second-order valence-corrected chi connectivity index (χ2v) is 11.4. The van der Waals surface area contributed by atoms with E-state index in [0.717, 1.165) is 12.0 Å². The number of hydrogen-bond donors (Lipinski definition) is 1. The van der Waals surface area contributed by atoms with Gasteiger partial charge in [-0.3, -0.25) is 14.4 Å². The Kier molecular flexibility index (Phi) is 7.83. The van der Waals surface area contributed by atoms with Crippen LogP contribution in [0.4, 0.5) is 5.69 Å². The van der Waals surface area contributed by atoms with Crippen molar-refractivity contribution in [2.75, 3.05) is 31.2 Å². The van der Waals surface area contributed by atoms with Gasteiger partial charge in [-0.25, -0.2) is 0 Å². The normalized spacial score (nSPS) is 28.8. The van der Waals surface area contributed by atoms with E-state index in [1.54, 1.807) is 40.6 Å². The van der Waals surface area contributed by atoms with Crippen LogP contribution in [0.2, 0.25) is 5.02 Å². The van der Waals surface area contributed by atoms with Crippen LogP contribution in [0.25, 0.3) is 0 Å². The zero-order valence-electron chi connectivity index (χ0n) is 20.2. The number of amides is 2. The molecule has 7 nitrogen and oxygen atoms in total. The average Bonchev–Trinajstić information content (AvgIpc) is 3.46. The van der Waals surface area contributed by atoms with E-state index in [-0.39, 0.29) is 42.8 Å². The third-order valence-corrected chi connectivity index (χ3v) is 9.69. The highest BCUT2D eigenvalue weighted by atomic mass is 35.5. The summed E-state index contributed by atoms with van der Waals surface area (Å²) in [5.41, 5.74) is 1.46. The standard InChI is InChI=1S/C26H33ClN2O5S/c1-4-13-28(21-16(3)9-8-10-17(21)27)24(32)22-26-12-11-18(35-26)19(25(33)34-5-2)20(26)23(31)29(22)14-6-7-15-30/h4,8-10,18-20,22,30H,1,5-7,11-15H2,2-3H3/t18-,19+,20+,22?,26?/m1/s1. The van der Waals surface area contributed by atoms with Crippen molar-refractivity contribution in [1.82, 2.24) is 4.90 Å². The van der Waals surface area contributed by atoms with E-state index in [1.165, 1.54) is 0 Å². The predicted octanol–water partition coefficient (Wildman–Crippen LogP) is 3.59. The van der Waals surface area contributed by atoms with E-state index < -0.39 is 22.6 Å². The highest BCUT2D eigenvalue weighted by Crippen LogP contribution is 2.66. The molecule has 190 valence electrons. The van der Waals surface area contributed by atoms with Gasteiger partial charge in [-0.1, -0.05) is 29.8 Å². The number of benzene rings is 1. The number of esters is 1. The zero-order chi connectivity index (χ0) is 25.3. The number of halogens is 1. The lowest BCUT2D eigenvalue weighted by molar-refractivity contribution is -0.153. The first kappa shape index (κ1) is 26.0. The van der Waals surface area contributed by atoms with E-state index in [1.807, 2.05) is 19.1 Å². The summed E-state index contributed by atoms with van der Waals surface area (Å²) >= 11 is 8.18. The summed E-state index contributed by atoms with van der Waals surface area (Å²) in [7, 11) is 0. The monoisotopic (exact) mass is 520 g/mol. The summed E-state index contributed by atoms with van der Waals surface area (Å²) in [6, 6.07) is 4.76. The van der Waals surface area contributed by atoms with Crippen LogP contribution in [0.5, 0.6) is 0 Å². The number of anilines is 1. The molecule has 4 rings (SSSR count). The molecule has 2 bridgehead atoms. The van der Waals surface area contributed by atoms with E-state index in [4.69, 9.17) is 16.3 Å². The molecule has 2 unspecified atom stereocenters. The number of aliphatic hydroxyl groups excluding tert-OH is 1. The van der Waals surface area contributed by atoms with Gasteiger partial charge < -0.3 is 19.6 Å². The van der Waals surface area contributed by atoms with Crippen LogP contribution >= 0.6 is 23.4 Å². The molecule has 1 aromatic rings. The molecule has 3 fully saturated rings. The maximum absolute atomic E-state index is 14.4. The number of likely N-dealkylation sites (tertiary alicyclic amines) is 1. The van der Waals surface area contributed by atoms with Crippen molar-refractivity contribution in [2.45, 2.75) is 55.6 Å². The fourth-order valence-corrected chi connectivity index (χ4v) is 8.63. The number of ether oxygens (including phenoxy) is 1.